The summed E-state index contributed by atoms with van der Waals surface area (Å²) in [4.78, 5) is 31.7. The molecule has 2 heterocycles. The van der Waals surface area contributed by atoms with Gasteiger partial charge in [-0.15, -0.1) is 0 Å². The van der Waals surface area contributed by atoms with Gasteiger partial charge in [-0.25, -0.2) is 14.2 Å². The normalized spacial score (nSPS) is 15.8. The highest BCUT2D eigenvalue weighted by molar-refractivity contribution is 5.64. The summed E-state index contributed by atoms with van der Waals surface area (Å²) in [6.07, 6.45) is 1.28. The number of aromatic nitrogens is 3. The monoisotopic (exact) mass is 392 g/mol. The van der Waals surface area contributed by atoms with Crippen LogP contribution in [0.1, 0.15) is 37.4 Å². The Hall–Kier alpha value is -3.19. The Kier molecular flexibility index (Phi) is 5.57. The molecule has 3 aromatic rings. The van der Waals surface area contributed by atoms with Gasteiger partial charge < -0.3 is 10.1 Å². The molecule has 0 saturated carbocycles. The highest BCUT2D eigenvalue weighted by Gasteiger charge is 2.20. The number of benzene rings is 2. The second kappa shape index (κ2) is 8.45. The maximum atomic E-state index is 12.5. The quantitative estimate of drug-likeness (QED) is 0.696. The minimum atomic E-state index is -0.534. The van der Waals surface area contributed by atoms with E-state index in [-0.39, 0.29) is 18.0 Å². The molecular weight excluding hydrogens is 368 g/mol. The van der Waals surface area contributed by atoms with Crippen LogP contribution in [0.5, 0.6) is 0 Å². The standard InChI is InChI=1S/C22H24N4O3/c1-15(17-8-5-9-18(14-17)16-6-3-2-4-7-16)23-20-24-21(27)26(22(28)25-20)19-10-12-29-13-11-19/h2-9,14-15,19H,10-13H2,1H3,(H2,23,24,25,27,28)/t15-/m0/s1. The topological polar surface area (TPSA) is 89.0 Å². The van der Waals surface area contributed by atoms with Crippen molar-refractivity contribution in [1.29, 1.82) is 0 Å². The lowest BCUT2D eigenvalue weighted by Crippen LogP contribution is -2.42. The van der Waals surface area contributed by atoms with E-state index in [9.17, 15) is 9.59 Å². The fourth-order valence-electron chi connectivity index (χ4n) is 3.67. The van der Waals surface area contributed by atoms with Crippen LogP contribution in [0.2, 0.25) is 0 Å². The van der Waals surface area contributed by atoms with Crippen molar-refractivity contribution in [2.24, 2.45) is 0 Å². The van der Waals surface area contributed by atoms with Crippen molar-refractivity contribution in [3.63, 3.8) is 0 Å². The summed E-state index contributed by atoms with van der Waals surface area (Å²) in [7, 11) is 0. The van der Waals surface area contributed by atoms with E-state index >= 15 is 0 Å². The minimum absolute atomic E-state index is 0.139. The number of hydrogen-bond acceptors (Lipinski definition) is 5. The average molecular weight is 392 g/mol. The van der Waals surface area contributed by atoms with Gasteiger partial charge in [0, 0.05) is 19.3 Å². The van der Waals surface area contributed by atoms with Crippen LogP contribution in [-0.4, -0.2) is 27.7 Å². The van der Waals surface area contributed by atoms with E-state index in [1.54, 1.807) is 0 Å². The maximum Gasteiger partial charge on any atom is 0.355 e. The summed E-state index contributed by atoms with van der Waals surface area (Å²) in [5.74, 6) is 0.181. The molecule has 1 saturated heterocycles. The van der Waals surface area contributed by atoms with E-state index in [1.165, 1.54) is 4.57 Å². The average Bonchev–Trinajstić information content (AvgIpc) is 2.75. The smallest absolute Gasteiger partial charge is 0.355 e. The molecule has 1 aromatic heterocycles. The first-order valence-corrected chi connectivity index (χ1v) is 9.84. The molecule has 150 valence electrons. The van der Waals surface area contributed by atoms with Crippen molar-refractivity contribution in [2.45, 2.75) is 31.8 Å². The summed E-state index contributed by atoms with van der Waals surface area (Å²) < 4.78 is 6.51. The largest absolute Gasteiger partial charge is 0.381 e. The van der Waals surface area contributed by atoms with Crippen molar-refractivity contribution >= 4 is 5.95 Å². The fraction of sp³-hybridized carbons (Fsp3) is 0.318. The van der Waals surface area contributed by atoms with Crippen LogP contribution in [0.15, 0.2) is 64.2 Å². The molecule has 1 atom stereocenters. The number of anilines is 1. The number of H-pyrrole nitrogens is 1. The van der Waals surface area contributed by atoms with E-state index in [0.29, 0.717) is 26.1 Å². The van der Waals surface area contributed by atoms with Crippen molar-refractivity contribution in [3.8, 4) is 11.1 Å². The van der Waals surface area contributed by atoms with Crippen LogP contribution in [-0.2, 0) is 4.74 Å². The molecule has 7 nitrogen and oxygen atoms in total. The fourth-order valence-corrected chi connectivity index (χ4v) is 3.67. The lowest BCUT2D eigenvalue weighted by Gasteiger charge is -2.23. The van der Waals surface area contributed by atoms with Crippen molar-refractivity contribution < 1.29 is 4.74 Å². The second-order valence-electron chi connectivity index (χ2n) is 7.24. The summed E-state index contributed by atoms with van der Waals surface area (Å²) in [6.45, 7) is 3.06. The van der Waals surface area contributed by atoms with Crippen LogP contribution < -0.4 is 16.7 Å². The van der Waals surface area contributed by atoms with Gasteiger partial charge in [-0.1, -0.05) is 48.5 Å². The Bertz CT molecular complexity index is 1050. The molecule has 0 radical (unpaired) electrons. The lowest BCUT2D eigenvalue weighted by molar-refractivity contribution is 0.0670. The van der Waals surface area contributed by atoms with Crippen LogP contribution in [0.4, 0.5) is 5.95 Å². The van der Waals surface area contributed by atoms with Gasteiger partial charge in [-0.2, -0.15) is 4.98 Å². The van der Waals surface area contributed by atoms with Gasteiger partial charge in [-0.05, 0) is 42.5 Å². The molecule has 4 rings (SSSR count). The zero-order valence-electron chi connectivity index (χ0n) is 16.3. The SMILES string of the molecule is C[C@H](Nc1nc(=O)n(C2CCOCC2)c(=O)[nH]1)c1cccc(-c2ccccc2)c1. The highest BCUT2D eigenvalue weighted by Crippen LogP contribution is 2.24. The zero-order valence-corrected chi connectivity index (χ0v) is 16.3. The van der Waals surface area contributed by atoms with Crippen LogP contribution in [0.25, 0.3) is 11.1 Å². The predicted molar refractivity (Wildman–Crippen MR) is 112 cm³/mol. The second-order valence-corrected chi connectivity index (χ2v) is 7.24. The number of hydrogen-bond donors (Lipinski definition) is 2. The molecule has 0 bridgehead atoms. The van der Waals surface area contributed by atoms with E-state index in [2.05, 4.69) is 39.6 Å². The Labute approximate surface area is 168 Å². The molecule has 0 spiro atoms. The lowest BCUT2D eigenvalue weighted by atomic mass is 10.0. The third-order valence-electron chi connectivity index (χ3n) is 5.26. The van der Waals surface area contributed by atoms with E-state index in [4.69, 9.17) is 4.74 Å². The number of ether oxygens (including phenoxy) is 1. The molecule has 0 unspecified atom stereocenters. The predicted octanol–water partition coefficient (Wildman–Crippen LogP) is 3.12. The van der Waals surface area contributed by atoms with Crippen molar-refractivity contribution in [2.75, 3.05) is 18.5 Å². The molecule has 0 amide bonds. The molecule has 2 N–H and O–H groups in total. The van der Waals surface area contributed by atoms with Gasteiger partial charge in [-0.3, -0.25) is 4.98 Å². The van der Waals surface area contributed by atoms with Crippen LogP contribution in [0.3, 0.4) is 0 Å². The van der Waals surface area contributed by atoms with Gasteiger partial charge in [0.15, 0.2) is 0 Å². The maximum absolute atomic E-state index is 12.5. The van der Waals surface area contributed by atoms with Crippen LogP contribution in [0, 0.1) is 0 Å². The van der Waals surface area contributed by atoms with E-state index in [1.807, 2.05) is 37.3 Å². The summed E-state index contributed by atoms with van der Waals surface area (Å²) in [6, 6.07) is 18.0. The Morgan fingerprint density at radius 2 is 1.79 bits per heavy atom. The molecule has 7 heteroatoms. The first kappa shape index (κ1) is 19.1. The van der Waals surface area contributed by atoms with E-state index in [0.717, 1.165) is 16.7 Å². The Morgan fingerprint density at radius 1 is 1.07 bits per heavy atom. The zero-order chi connectivity index (χ0) is 20.2. The van der Waals surface area contributed by atoms with Gasteiger partial charge in [0.2, 0.25) is 5.95 Å². The third-order valence-corrected chi connectivity index (χ3v) is 5.26. The summed E-state index contributed by atoms with van der Waals surface area (Å²) in [5, 5.41) is 3.14. The molecule has 1 fully saturated rings. The number of nitrogens with zero attached hydrogens (tertiary/aromatic N) is 2. The molecule has 0 aliphatic carbocycles. The van der Waals surface area contributed by atoms with Gasteiger partial charge in [0.1, 0.15) is 0 Å². The van der Waals surface area contributed by atoms with Crippen molar-refractivity contribution in [1.82, 2.24) is 14.5 Å². The molecule has 2 aromatic carbocycles. The number of nitrogens with one attached hydrogen (secondary N) is 2. The first-order valence-electron chi connectivity index (χ1n) is 9.84. The van der Waals surface area contributed by atoms with Crippen molar-refractivity contribution in [3.05, 3.63) is 81.1 Å². The Morgan fingerprint density at radius 3 is 2.52 bits per heavy atom. The highest BCUT2D eigenvalue weighted by atomic mass is 16.5. The van der Waals surface area contributed by atoms with Gasteiger partial charge in [0.05, 0.1) is 6.04 Å². The van der Waals surface area contributed by atoms with Gasteiger partial charge >= 0.3 is 11.4 Å². The molecule has 29 heavy (non-hydrogen) atoms. The minimum Gasteiger partial charge on any atom is -0.381 e. The third kappa shape index (κ3) is 4.30. The summed E-state index contributed by atoms with van der Waals surface area (Å²) in [5.41, 5.74) is 2.29. The summed E-state index contributed by atoms with van der Waals surface area (Å²) >= 11 is 0. The number of aromatic amines is 1. The van der Waals surface area contributed by atoms with Crippen LogP contribution >= 0.6 is 0 Å². The van der Waals surface area contributed by atoms with Gasteiger partial charge in [0.25, 0.3) is 0 Å². The molecule has 1 aliphatic rings. The molecule has 1 aliphatic heterocycles. The Balaban J connectivity index is 1.55. The first-order chi connectivity index (χ1) is 14.1. The number of rotatable bonds is 5. The van der Waals surface area contributed by atoms with E-state index < -0.39 is 11.4 Å². The molecular formula is C22H24N4O3.